The molecule has 0 fully saturated rings. The van der Waals surface area contributed by atoms with E-state index in [-0.39, 0.29) is 5.78 Å². The molecule has 0 unspecified atom stereocenters. The Bertz CT molecular complexity index is 640. The Morgan fingerprint density at radius 2 is 2.00 bits per heavy atom. The Kier molecular flexibility index (Phi) is 5.28. The minimum atomic E-state index is 0.0588. The van der Waals surface area contributed by atoms with E-state index >= 15 is 0 Å². The highest BCUT2D eigenvalue weighted by Crippen LogP contribution is 2.31. The number of ketones is 1. The van der Waals surface area contributed by atoms with Crippen molar-refractivity contribution in [1.29, 1.82) is 0 Å². The van der Waals surface area contributed by atoms with Gasteiger partial charge in [-0.15, -0.1) is 11.8 Å². The first-order chi connectivity index (χ1) is 10.1. The molecule has 2 rings (SSSR count). The fourth-order valence-corrected chi connectivity index (χ4v) is 2.92. The van der Waals surface area contributed by atoms with Gasteiger partial charge in [-0.3, -0.25) is 4.79 Å². The molecule has 0 radical (unpaired) electrons. The fraction of sp³-hybridized carbons (Fsp3) is 0.235. The van der Waals surface area contributed by atoms with Gasteiger partial charge in [-0.25, -0.2) is 0 Å². The topological polar surface area (TPSA) is 52.3 Å². The lowest BCUT2D eigenvalue weighted by Gasteiger charge is -2.12. The third-order valence-corrected chi connectivity index (χ3v) is 4.21. The first-order valence-corrected chi connectivity index (χ1v) is 7.84. The summed E-state index contributed by atoms with van der Waals surface area (Å²) in [5, 5.41) is 0. The van der Waals surface area contributed by atoms with Crippen LogP contribution in [0.5, 0.6) is 5.75 Å². The standard InChI is InChI=1S/C17H19NO2S/c1-3-20-16-9-8-13(12(2)19)10-14(16)11-21-17-7-5-4-6-15(17)18/h4-10H,3,11,18H2,1-2H3. The summed E-state index contributed by atoms with van der Waals surface area (Å²) in [6, 6.07) is 13.3. The maximum absolute atomic E-state index is 11.5. The quantitative estimate of drug-likeness (QED) is 0.494. The van der Waals surface area contributed by atoms with Gasteiger partial charge < -0.3 is 10.5 Å². The second-order valence-corrected chi connectivity index (χ2v) is 5.66. The third-order valence-electron chi connectivity index (χ3n) is 3.07. The van der Waals surface area contributed by atoms with Crippen LogP contribution in [0.1, 0.15) is 29.8 Å². The lowest BCUT2D eigenvalue weighted by atomic mass is 10.1. The lowest BCUT2D eigenvalue weighted by molar-refractivity contribution is 0.101. The molecule has 0 saturated carbocycles. The number of nitrogens with two attached hydrogens (primary N) is 1. The van der Waals surface area contributed by atoms with Gasteiger partial charge in [-0.2, -0.15) is 0 Å². The summed E-state index contributed by atoms with van der Waals surface area (Å²) in [6.45, 7) is 4.12. The summed E-state index contributed by atoms with van der Waals surface area (Å²) in [5.74, 6) is 1.60. The molecule has 110 valence electrons. The van der Waals surface area contributed by atoms with E-state index in [4.69, 9.17) is 10.5 Å². The highest BCUT2D eigenvalue weighted by molar-refractivity contribution is 7.98. The summed E-state index contributed by atoms with van der Waals surface area (Å²) in [4.78, 5) is 12.6. The fourth-order valence-electron chi connectivity index (χ4n) is 1.98. The van der Waals surface area contributed by atoms with Gasteiger partial charge in [0.15, 0.2) is 5.78 Å². The minimum absolute atomic E-state index is 0.0588. The second-order valence-electron chi connectivity index (χ2n) is 4.64. The van der Waals surface area contributed by atoms with Crippen molar-refractivity contribution in [3.8, 4) is 5.75 Å². The molecular formula is C17H19NO2S. The van der Waals surface area contributed by atoms with Crippen molar-refractivity contribution in [2.75, 3.05) is 12.3 Å². The SMILES string of the molecule is CCOc1ccc(C(C)=O)cc1CSc1ccccc1N. The molecule has 2 N–H and O–H groups in total. The van der Waals surface area contributed by atoms with Crippen molar-refractivity contribution in [1.82, 2.24) is 0 Å². The minimum Gasteiger partial charge on any atom is -0.494 e. The van der Waals surface area contributed by atoms with Crippen LogP contribution in [0.15, 0.2) is 47.4 Å². The molecule has 2 aromatic carbocycles. The van der Waals surface area contributed by atoms with Gasteiger partial charge in [0.25, 0.3) is 0 Å². The van der Waals surface area contributed by atoms with E-state index in [1.165, 1.54) is 0 Å². The van der Waals surface area contributed by atoms with Crippen LogP contribution in [-0.4, -0.2) is 12.4 Å². The highest BCUT2D eigenvalue weighted by atomic mass is 32.2. The van der Waals surface area contributed by atoms with Crippen LogP contribution >= 0.6 is 11.8 Å². The molecule has 0 saturated heterocycles. The molecular weight excluding hydrogens is 282 g/mol. The van der Waals surface area contributed by atoms with E-state index in [9.17, 15) is 4.79 Å². The van der Waals surface area contributed by atoms with Crippen molar-refractivity contribution >= 4 is 23.2 Å². The molecule has 0 aliphatic carbocycles. The number of rotatable bonds is 6. The summed E-state index contributed by atoms with van der Waals surface area (Å²) in [6.07, 6.45) is 0. The van der Waals surface area contributed by atoms with Crippen LogP contribution < -0.4 is 10.5 Å². The van der Waals surface area contributed by atoms with Gasteiger partial charge in [0.05, 0.1) is 6.61 Å². The molecule has 0 aliphatic rings. The molecule has 0 aromatic heterocycles. The zero-order chi connectivity index (χ0) is 15.2. The summed E-state index contributed by atoms with van der Waals surface area (Å²) >= 11 is 1.64. The highest BCUT2D eigenvalue weighted by Gasteiger charge is 2.09. The van der Waals surface area contributed by atoms with Crippen LogP contribution in [-0.2, 0) is 5.75 Å². The smallest absolute Gasteiger partial charge is 0.159 e. The van der Waals surface area contributed by atoms with Crippen molar-refractivity contribution in [3.63, 3.8) is 0 Å². The van der Waals surface area contributed by atoms with E-state index < -0.39 is 0 Å². The Morgan fingerprint density at radius 3 is 2.67 bits per heavy atom. The number of nitrogen functional groups attached to an aromatic ring is 1. The number of ether oxygens (including phenoxy) is 1. The maximum atomic E-state index is 11.5. The largest absolute Gasteiger partial charge is 0.494 e. The first kappa shape index (κ1) is 15.4. The van der Waals surface area contributed by atoms with Gasteiger partial charge in [0.1, 0.15) is 5.75 Å². The van der Waals surface area contributed by atoms with E-state index in [2.05, 4.69) is 0 Å². The van der Waals surface area contributed by atoms with Gasteiger partial charge in [0, 0.05) is 27.5 Å². The van der Waals surface area contributed by atoms with Crippen molar-refractivity contribution in [2.24, 2.45) is 0 Å². The number of benzene rings is 2. The van der Waals surface area contributed by atoms with Crippen molar-refractivity contribution < 1.29 is 9.53 Å². The normalized spacial score (nSPS) is 10.4. The molecule has 4 heteroatoms. The zero-order valence-corrected chi connectivity index (χ0v) is 13.1. The number of Topliss-reactive ketones (excluding diaryl/α,β-unsaturated/α-hetero) is 1. The molecule has 3 nitrogen and oxygen atoms in total. The number of hydrogen-bond donors (Lipinski definition) is 1. The van der Waals surface area contributed by atoms with E-state index in [0.29, 0.717) is 17.9 Å². The molecule has 0 aliphatic heterocycles. The molecule has 0 bridgehead atoms. The molecule has 0 amide bonds. The van der Waals surface area contributed by atoms with Gasteiger partial charge in [-0.05, 0) is 44.2 Å². The first-order valence-electron chi connectivity index (χ1n) is 6.85. The number of thioether (sulfide) groups is 1. The van der Waals surface area contributed by atoms with Crippen molar-refractivity contribution in [2.45, 2.75) is 24.5 Å². The third kappa shape index (κ3) is 4.02. The number of hydrogen-bond acceptors (Lipinski definition) is 4. The number of carbonyl (C=O) groups excluding carboxylic acids is 1. The Hall–Kier alpha value is -1.94. The zero-order valence-electron chi connectivity index (χ0n) is 12.3. The number of carbonyl (C=O) groups is 1. The van der Waals surface area contributed by atoms with Crippen LogP contribution in [0.3, 0.4) is 0 Å². The Morgan fingerprint density at radius 1 is 1.24 bits per heavy atom. The number of anilines is 1. The number of para-hydroxylation sites is 1. The molecule has 0 spiro atoms. The molecule has 0 atom stereocenters. The van der Waals surface area contributed by atoms with E-state index in [1.807, 2.05) is 43.3 Å². The van der Waals surface area contributed by atoms with Gasteiger partial charge in [0.2, 0.25) is 0 Å². The predicted octanol–water partition coefficient (Wildman–Crippen LogP) is 4.16. The summed E-state index contributed by atoms with van der Waals surface area (Å²) in [7, 11) is 0. The Labute approximate surface area is 129 Å². The lowest BCUT2D eigenvalue weighted by Crippen LogP contribution is -1.99. The van der Waals surface area contributed by atoms with Crippen LogP contribution in [0, 0.1) is 0 Å². The molecule has 2 aromatic rings. The predicted molar refractivity (Wildman–Crippen MR) is 88.0 cm³/mol. The van der Waals surface area contributed by atoms with Gasteiger partial charge >= 0.3 is 0 Å². The van der Waals surface area contributed by atoms with Gasteiger partial charge in [-0.1, -0.05) is 12.1 Å². The monoisotopic (exact) mass is 301 g/mol. The van der Waals surface area contributed by atoms with E-state index in [0.717, 1.165) is 21.9 Å². The summed E-state index contributed by atoms with van der Waals surface area (Å²) < 4.78 is 5.63. The summed E-state index contributed by atoms with van der Waals surface area (Å²) in [5.41, 5.74) is 8.44. The second kappa shape index (κ2) is 7.18. The van der Waals surface area contributed by atoms with Crippen LogP contribution in [0.2, 0.25) is 0 Å². The molecule has 0 heterocycles. The van der Waals surface area contributed by atoms with E-state index in [1.54, 1.807) is 24.8 Å². The average molecular weight is 301 g/mol. The average Bonchev–Trinajstić information content (AvgIpc) is 2.47. The molecule has 21 heavy (non-hydrogen) atoms. The van der Waals surface area contributed by atoms with Crippen molar-refractivity contribution in [3.05, 3.63) is 53.6 Å². The Balaban J connectivity index is 2.22. The van der Waals surface area contributed by atoms with Crippen LogP contribution in [0.4, 0.5) is 5.69 Å². The maximum Gasteiger partial charge on any atom is 0.159 e. The van der Waals surface area contributed by atoms with Crippen LogP contribution in [0.25, 0.3) is 0 Å².